The highest BCUT2D eigenvalue weighted by Crippen LogP contribution is 2.25. The molecule has 1 amide bonds. The van der Waals surface area contributed by atoms with Crippen LogP contribution in [0.25, 0.3) is 0 Å². The summed E-state index contributed by atoms with van der Waals surface area (Å²) in [5, 5.41) is 0. The first kappa shape index (κ1) is 16.9. The highest BCUT2D eigenvalue weighted by atomic mass is 79.9. The molecule has 0 aliphatic carbocycles. The maximum atomic E-state index is 13.2. The van der Waals surface area contributed by atoms with Crippen molar-refractivity contribution in [2.45, 2.75) is 38.6 Å². The second-order valence-corrected chi connectivity index (χ2v) is 7.53. The smallest absolute Gasteiger partial charge is 0.225 e. The summed E-state index contributed by atoms with van der Waals surface area (Å²) in [5.41, 5.74) is 1.10. The summed E-state index contributed by atoms with van der Waals surface area (Å²) in [4.78, 5) is 17.0. The summed E-state index contributed by atoms with van der Waals surface area (Å²) in [5.74, 6) is 0.347. The minimum Gasteiger partial charge on any atom is -0.342 e. The van der Waals surface area contributed by atoms with Crippen LogP contribution >= 0.6 is 15.9 Å². The summed E-state index contributed by atoms with van der Waals surface area (Å²) in [6.45, 7) is 4.58. The van der Waals surface area contributed by atoms with Gasteiger partial charge in [0.05, 0.1) is 0 Å². The normalized spacial score (nSPS) is 20.7. The molecular formula is C18H24BrFN2O. The molecule has 0 radical (unpaired) electrons. The summed E-state index contributed by atoms with van der Waals surface area (Å²) in [6, 6.07) is 4.86. The fourth-order valence-electron chi connectivity index (χ4n) is 3.60. The van der Waals surface area contributed by atoms with Crippen LogP contribution in [0.3, 0.4) is 0 Å². The SMILES string of the molecule is O=C(C1CCN(Cc2ccc(F)cc2Br)CC1)N1CCCCC1. The summed E-state index contributed by atoms with van der Waals surface area (Å²) < 4.78 is 14.0. The van der Waals surface area contributed by atoms with E-state index in [-0.39, 0.29) is 11.7 Å². The van der Waals surface area contributed by atoms with Crippen LogP contribution in [0.4, 0.5) is 4.39 Å². The first-order valence-corrected chi connectivity index (χ1v) is 9.38. The highest BCUT2D eigenvalue weighted by molar-refractivity contribution is 9.10. The zero-order valence-electron chi connectivity index (χ0n) is 13.4. The Hall–Kier alpha value is -0.940. The van der Waals surface area contributed by atoms with Gasteiger partial charge in [-0.2, -0.15) is 0 Å². The Kier molecular flexibility index (Phi) is 5.70. The minimum atomic E-state index is -0.216. The number of carbonyl (C=O) groups excluding carboxylic acids is 1. The topological polar surface area (TPSA) is 23.6 Å². The monoisotopic (exact) mass is 382 g/mol. The Morgan fingerprint density at radius 2 is 1.83 bits per heavy atom. The zero-order chi connectivity index (χ0) is 16.2. The van der Waals surface area contributed by atoms with E-state index in [9.17, 15) is 9.18 Å². The average molecular weight is 383 g/mol. The van der Waals surface area contributed by atoms with Crippen LogP contribution in [0.2, 0.25) is 0 Å². The molecule has 126 valence electrons. The molecule has 0 aromatic heterocycles. The Morgan fingerprint density at radius 3 is 2.48 bits per heavy atom. The van der Waals surface area contributed by atoms with E-state index in [1.165, 1.54) is 18.6 Å². The maximum absolute atomic E-state index is 13.2. The van der Waals surface area contributed by atoms with Crippen molar-refractivity contribution >= 4 is 21.8 Å². The number of amides is 1. The van der Waals surface area contributed by atoms with Gasteiger partial charge in [0.25, 0.3) is 0 Å². The first-order valence-electron chi connectivity index (χ1n) is 8.58. The second kappa shape index (κ2) is 7.75. The van der Waals surface area contributed by atoms with Crippen LogP contribution in [0.5, 0.6) is 0 Å². The van der Waals surface area contributed by atoms with Gasteiger partial charge in [-0.3, -0.25) is 9.69 Å². The molecule has 1 aromatic carbocycles. The van der Waals surface area contributed by atoms with Gasteiger partial charge in [-0.15, -0.1) is 0 Å². The van der Waals surface area contributed by atoms with Crippen LogP contribution in [0.15, 0.2) is 22.7 Å². The molecule has 0 spiro atoms. The van der Waals surface area contributed by atoms with Gasteiger partial charge in [-0.05, 0) is 62.9 Å². The fourth-order valence-corrected chi connectivity index (χ4v) is 4.08. The fraction of sp³-hybridized carbons (Fsp3) is 0.611. The number of benzene rings is 1. The number of likely N-dealkylation sites (tertiary alicyclic amines) is 2. The molecule has 1 aromatic rings. The zero-order valence-corrected chi connectivity index (χ0v) is 15.0. The van der Waals surface area contributed by atoms with Crippen LogP contribution < -0.4 is 0 Å². The van der Waals surface area contributed by atoms with Gasteiger partial charge in [-0.1, -0.05) is 22.0 Å². The quantitative estimate of drug-likeness (QED) is 0.793. The third-order valence-electron chi connectivity index (χ3n) is 5.01. The molecule has 0 saturated carbocycles. The van der Waals surface area contributed by atoms with Gasteiger partial charge in [-0.25, -0.2) is 4.39 Å². The Morgan fingerprint density at radius 1 is 1.13 bits per heavy atom. The number of piperidine rings is 2. The molecule has 2 saturated heterocycles. The number of carbonyl (C=O) groups is 1. The number of rotatable bonds is 3. The van der Waals surface area contributed by atoms with E-state index in [0.717, 1.165) is 68.4 Å². The van der Waals surface area contributed by atoms with Gasteiger partial charge in [0.15, 0.2) is 0 Å². The van der Waals surface area contributed by atoms with Gasteiger partial charge in [0.2, 0.25) is 5.91 Å². The highest BCUT2D eigenvalue weighted by Gasteiger charge is 2.29. The lowest BCUT2D eigenvalue weighted by atomic mass is 9.94. The molecule has 2 aliphatic rings. The standard InChI is InChI=1S/C18H24BrFN2O/c19-17-12-16(20)5-4-15(17)13-21-10-6-14(7-11-21)18(23)22-8-2-1-3-9-22/h4-5,12,14H,1-3,6-11,13H2. The molecule has 0 bridgehead atoms. The van der Waals surface area contributed by atoms with Crippen molar-refractivity contribution in [1.82, 2.24) is 9.80 Å². The van der Waals surface area contributed by atoms with Crippen LogP contribution in [-0.4, -0.2) is 41.9 Å². The lowest BCUT2D eigenvalue weighted by Gasteiger charge is -2.35. The van der Waals surface area contributed by atoms with E-state index >= 15 is 0 Å². The predicted molar refractivity (Wildman–Crippen MR) is 92.5 cm³/mol. The Bertz CT molecular complexity index is 552. The summed E-state index contributed by atoms with van der Waals surface area (Å²) in [6.07, 6.45) is 5.45. The van der Waals surface area contributed by atoms with Crippen molar-refractivity contribution in [3.05, 3.63) is 34.1 Å². The van der Waals surface area contributed by atoms with Gasteiger partial charge >= 0.3 is 0 Å². The van der Waals surface area contributed by atoms with Gasteiger partial charge < -0.3 is 4.90 Å². The molecule has 2 heterocycles. The van der Waals surface area contributed by atoms with Crippen molar-refractivity contribution in [2.75, 3.05) is 26.2 Å². The van der Waals surface area contributed by atoms with Crippen molar-refractivity contribution in [3.63, 3.8) is 0 Å². The van der Waals surface area contributed by atoms with E-state index in [1.807, 2.05) is 6.07 Å². The largest absolute Gasteiger partial charge is 0.342 e. The molecule has 23 heavy (non-hydrogen) atoms. The minimum absolute atomic E-state index is 0.195. The van der Waals surface area contributed by atoms with E-state index in [0.29, 0.717) is 5.91 Å². The molecule has 2 fully saturated rings. The number of nitrogens with zero attached hydrogens (tertiary/aromatic N) is 2. The number of hydrogen-bond acceptors (Lipinski definition) is 2. The molecule has 0 unspecified atom stereocenters. The summed E-state index contributed by atoms with van der Waals surface area (Å²) in [7, 11) is 0. The van der Waals surface area contributed by atoms with Gasteiger partial charge in [0, 0.05) is 30.0 Å². The van der Waals surface area contributed by atoms with Crippen LogP contribution in [-0.2, 0) is 11.3 Å². The Labute approximate surface area is 146 Å². The van der Waals surface area contributed by atoms with Crippen LogP contribution in [0, 0.1) is 11.7 Å². The van der Waals surface area contributed by atoms with Gasteiger partial charge in [0.1, 0.15) is 5.82 Å². The molecule has 3 nitrogen and oxygen atoms in total. The molecule has 0 atom stereocenters. The number of halogens is 2. The lowest BCUT2D eigenvalue weighted by molar-refractivity contribution is -0.138. The first-order chi connectivity index (χ1) is 11.1. The van der Waals surface area contributed by atoms with Crippen molar-refractivity contribution < 1.29 is 9.18 Å². The third kappa shape index (κ3) is 4.32. The lowest BCUT2D eigenvalue weighted by Crippen LogP contribution is -2.44. The number of hydrogen-bond donors (Lipinski definition) is 0. The second-order valence-electron chi connectivity index (χ2n) is 6.67. The van der Waals surface area contributed by atoms with E-state index in [2.05, 4.69) is 25.7 Å². The molecule has 5 heteroatoms. The molecule has 3 rings (SSSR count). The molecular weight excluding hydrogens is 359 g/mol. The van der Waals surface area contributed by atoms with Crippen molar-refractivity contribution in [3.8, 4) is 0 Å². The Balaban J connectivity index is 1.51. The summed E-state index contributed by atoms with van der Waals surface area (Å²) >= 11 is 3.43. The van der Waals surface area contributed by atoms with E-state index < -0.39 is 0 Å². The third-order valence-corrected chi connectivity index (χ3v) is 5.75. The molecule has 0 N–H and O–H groups in total. The van der Waals surface area contributed by atoms with Crippen molar-refractivity contribution in [1.29, 1.82) is 0 Å². The molecule has 2 aliphatic heterocycles. The van der Waals surface area contributed by atoms with E-state index in [1.54, 1.807) is 0 Å². The van der Waals surface area contributed by atoms with Crippen molar-refractivity contribution in [2.24, 2.45) is 5.92 Å². The maximum Gasteiger partial charge on any atom is 0.225 e. The van der Waals surface area contributed by atoms with Crippen LogP contribution in [0.1, 0.15) is 37.7 Å². The predicted octanol–water partition coefficient (Wildman–Crippen LogP) is 3.81. The van der Waals surface area contributed by atoms with E-state index in [4.69, 9.17) is 0 Å². The average Bonchev–Trinajstić information content (AvgIpc) is 2.58.